The van der Waals surface area contributed by atoms with Gasteiger partial charge in [-0.15, -0.1) is 0 Å². The fraction of sp³-hybridized carbons (Fsp3) is 0.222. The van der Waals surface area contributed by atoms with E-state index in [1.54, 1.807) is 24.3 Å². The zero-order valence-electron chi connectivity index (χ0n) is 7.57. The third-order valence-electron chi connectivity index (χ3n) is 1.52. The summed E-state index contributed by atoms with van der Waals surface area (Å²) in [5, 5.41) is 3.73. The second-order valence-electron chi connectivity index (χ2n) is 2.40. The third-order valence-corrected chi connectivity index (χ3v) is 1.52. The van der Waals surface area contributed by atoms with Crippen LogP contribution in [-0.4, -0.2) is 25.3 Å². The van der Waals surface area contributed by atoms with E-state index in [9.17, 15) is 4.79 Å². The number of hydroxylamine groups is 2. The zero-order chi connectivity index (χ0) is 9.68. The summed E-state index contributed by atoms with van der Waals surface area (Å²) < 4.78 is 0. The van der Waals surface area contributed by atoms with Crippen LogP contribution in [0, 0.1) is 6.07 Å². The van der Waals surface area contributed by atoms with Crippen LogP contribution >= 0.6 is 0 Å². The highest BCUT2D eigenvalue weighted by Gasteiger charge is 2.06. The Bertz CT molecular complexity index is 274. The average Bonchev–Trinajstić information content (AvgIpc) is 2.18. The molecule has 1 aromatic rings. The first-order valence-corrected chi connectivity index (χ1v) is 3.79. The second kappa shape index (κ2) is 4.47. The minimum Gasteiger partial charge on any atom is -0.306 e. The van der Waals surface area contributed by atoms with Crippen molar-refractivity contribution in [3.05, 3.63) is 30.3 Å². The largest absolute Gasteiger partial charge is 0.345 e. The topological polar surface area (TPSA) is 41.6 Å². The van der Waals surface area contributed by atoms with Gasteiger partial charge in [-0.2, -0.15) is 0 Å². The summed E-state index contributed by atoms with van der Waals surface area (Å²) in [4.78, 5) is 15.9. The van der Waals surface area contributed by atoms with E-state index in [1.165, 1.54) is 14.2 Å². The van der Waals surface area contributed by atoms with Crippen molar-refractivity contribution in [1.82, 2.24) is 5.06 Å². The first kappa shape index (κ1) is 9.54. The van der Waals surface area contributed by atoms with Gasteiger partial charge >= 0.3 is 6.03 Å². The summed E-state index contributed by atoms with van der Waals surface area (Å²) >= 11 is 0. The van der Waals surface area contributed by atoms with E-state index in [0.29, 0.717) is 5.69 Å². The number of hydrogen-bond acceptors (Lipinski definition) is 2. The highest BCUT2D eigenvalue weighted by atomic mass is 16.7. The van der Waals surface area contributed by atoms with Crippen molar-refractivity contribution >= 4 is 11.7 Å². The van der Waals surface area contributed by atoms with E-state index < -0.39 is 0 Å². The molecule has 0 aliphatic rings. The molecule has 69 valence electrons. The van der Waals surface area contributed by atoms with Crippen LogP contribution in [0.4, 0.5) is 10.5 Å². The number of anilines is 1. The van der Waals surface area contributed by atoms with Gasteiger partial charge in [-0.3, -0.25) is 4.84 Å². The predicted octanol–water partition coefficient (Wildman–Crippen LogP) is 1.51. The Kier molecular flexibility index (Phi) is 3.28. The van der Waals surface area contributed by atoms with E-state index in [4.69, 9.17) is 4.84 Å². The molecule has 0 bridgehead atoms. The molecular weight excluding hydrogens is 168 g/mol. The van der Waals surface area contributed by atoms with Gasteiger partial charge in [-0.05, 0) is 18.2 Å². The van der Waals surface area contributed by atoms with Crippen LogP contribution in [-0.2, 0) is 4.84 Å². The molecule has 1 N–H and O–H groups in total. The molecule has 0 unspecified atom stereocenters. The highest BCUT2D eigenvalue weighted by molar-refractivity contribution is 5.88. The number of nitrogens with one attached hydrogen (secondary N) is 1. The van der Waals surface area contributed by atoms with E-state index in [-0.39, 0.29) is 6.03 Å². The van der Waals surface area contributed by atoms with Crippen LogP contribution in [0.2, 0.25) is 0 Å². The highest BCUT2D eigenvalue weighted by Crippen LogP contribution is 2.05. The first-order valence-electron chi connectivity index (χ1n) is 3.79. The Morgan fingerprint density at radius 1 is 1.69 bits per heavy atom. The molecule has 0 aromatic heterocycles. The monoisotopic (exact) mass is 179 g/mol. The van der Waals surface area contributed by atoms with Crippen LogP contribution in [0.25, 0.3) is 0 Å². The van der Waals surface area contributed by atoms with Crippen molar-refractivity contribution in [1.29, 1.82) is 0 Å². The number of carbonyl (C=O) groups is 1. The molecule has 0 spiro atoms. The quantitative estimate of drug-likeness (QED) is 0.699. The lowest BCUT2D eigenvalue weighted by Crippen LogP contribution is -2.30. The summed E-state index contributed by atoms with van der Waals surface area (Å²) in [5.41, 5.74) is 0.691. The number of amides is 2. The smallest absolute Gasteiger partial charge is 0.306 e. The molecule has 2 amide bonds. The normalized spacial score (nSPS) is 9.38. The standard InChI is InChI=1S/C9H11N2O2/c1-11(13-2)9(12)10-8-6-4-3-5-7-8/h3-4,6-7H,1-2H3,(H,10,12). The summed E-state index contributed by atoms with van der Waals surface area (Å²) in [6.07, 6.45) is 0. The van der Waals surface area contributed by atoms with Crippen molar-refractivity contribution < 1.29 is 9.63 Å². The number of nitrogens with zero attached hydrogens (tertiary/aromatic N) is 1. The summed E-state index contributed by atoms with van der Waals surface area (Å²) in [6, 6.07) is 9.54. The minimum absolute atomic E-state index is 0.317. The molecule has 4 nitrogen and oxygen atoms in total. The van der Waals surface area contributed by atoms with Crippen molar-refractivity contribution in [2.75, 3.05) is 19.5 Å². The first-order chi connectivity index (χ1) is 6.24. The lowest BCUT2D eigenvalue weighted by molar-refractivity contribution is -0.0598. The Hall–Kier alpha value is -1.55. The number of urea groups is 1. The van der Waals surface area contributed by atoms with Crippen molar-refractivity contribution in [3.63, 3.8) is 0 Å². The lowest BCUT2D eigenvalue weighted by Gasteiger charge is -2.14. The van der Waals surface area contributed by atoms with E-state index in [0.717, 1.165) is 5.06 Å². The molecule has 0 heterocycles. The van der Waals surface area contributed by atoms with Crippen molar-refractivity contribution in [2.24, 2.45) is 0 Å². The summed E-state index contributed by atoms with van der Waals surface area (Å²) in [7, 11) is 2.96. The van der Waals surface area contributed by atoms with Crippen LogP contribution in [0.1, 0.15) is 0 Å². The van der Waals surface area contributed by atoms with Gasteiger partial charge in [0.15, 0.2) is 0 Å². The van der Waals surface area contributed by atoms with Gasteiger partial charge in [0.2, 0.25) is 0 Å². The maximum absolute atomic E-state index is 11.2. The molecule has 0 fully saturated rings. The van der Waals surface area contributed by atoms with Crippen LogP contribution in [0.15, 0.2) is 24.3 Å². The van der Waals surface area contributed by atoms with Gasteiger partial charge in [-0.25, -0.2) is 9.86 Å². The minimum atomic E-state index is -0.317. The predicted molar refractivity (Wildman–Crippen MR) is 49.1 cm³/mol. The van der Waals surface area contributed by atoms with E-state index in [1.807, 2.05) is 0 Å². The molecule has 1 aromatic carbocycles. The fourth-order valence-corrected chi connectivity index (χ4v) is 0.756. The Morgan fingerprint density at radius 3 is 3.00 bits per heavy atom. The lowest BCUT2D eigenvalue weighted by atomic mass is 10.3. The van der Waals surface area contributed by atoms with Gasteiger partial charge in [0, 0.05) is 12.7 Å². The number of hydrogen-bond donors (Lipinski definition) is 1. The molecule has 0 aliphatic heterocycles. The van der Waals surface area contributed by atoms with Crippen LogP contribution in [0.5, 0.6) is 0 Å². The Balaban J connectivity index is 2.55. The molecule has 0 saturated carbocycles. The second-order valence-corrected chi connectivity index (χ2v) is 2.40. The molecule has 13 heavy (non-hydrogen) atoms. The maximum atomic E-state index is 11.2. The van der Waals surface area contributed by atoms with Crippen molar-refractivity contribution in [3.8, 4) is 0 Å². The molecule has 4 heteroatoms. The molecule has 1 radical (unpaired) electrons. The molecular formula is C9H11N2O2. The van der Waals surface area contributed by atoms with Gasteiger partial charge in [0.1, 0.15) is 0 Å². The Labute approximate surface area is 77.1 Å². The number of carbonyl (C=O) groups excluding carboxylic acids is 1. The van der Waals surface area contributed by atoms with E-state index in [2.05, 4.69) is 11.4 Å². The van der Waals surface area contributed by atoms with Crippen LogP contribution < -0.4 is 5.32 Å². The SMILES string of the molecule is CON(C)C(=O)Nc1c[c]ccc1. The molecule has 1 rings (SSSR count). The average molecular weight is 179 g/mol. The van der Waals surface area contributed by atoms with Crippen LogP contribution in [0.3, 0.4) is 0 Å². The number of rotatable bonds is 2. The van der Waals surface area contributed by atoms with Crippen molar-refractivity contribution in [2.45, 2.75) is 0 Å². The third kappa shape index (κ3) is 2.76. The van der Waals surface area contributed by atoms with Gasteiger partial charge in [0.05, 0.1) is 7.11 Å². The Morgan fingerprint density at radius 2 is 2.46 bits per heavy atom. The maximum Gasteiger partial charge on any atom is 0.345 e. The van der Waals surface area contributed by atoms with E-state index >= 15 is 0 Å². The fourth-order valence-electron chi connectivity index (χ4n) is 0.756. The zero-order valence-corrected chi connectivity index (χ0v) is 7.57. The van der Waals surface area contributed by atoms with Gasteiger partial charge < -0.3 is 5.32 Å². The summed E-state index contributed by atoms with van der Waals surface area (Å²) in [6.45, 7) is 0. The van der Waals surface area contributed by atoms with Gasteiger partial charge in [0.25, 0.3) is 0 Å². The molecule has 0 aliphatic carbocycles. The number of benzene rings is 1. The molecule has 0 saturated heterocycles. The molecule has 0 atom stereocenters. The summed E-state index contributed by atoms with van der Waals surface area (Å²) in [5.74, 6) is 0. The van der Waals surface area contributed by atoms with Gasteiger partial charge in [-0.1, -0.05) is 12.1 Å².